The molecule has 1 saturated carbocycles. The van der Waals surface area contributed by atoms with Crippen molar-refractivity contribution >= 4 is 6.03 Å². The summed E-state index contributed by atoms with van der Waals surface area (Å²) in [7, 11) is 0. The fraction of sp³-hybridized carbons (Fsp3) is 0.321. The zero-order valence-corrected chi connectivity index (χ0v) is 18.4. The van der Waals surface area contributed by atoms with Crippen LogP contribution in [0.4, 0.5) is 4.79 Å². The number of urea groups is 1. The van der Waals surface area contributed by atoms with Gasteiger partial charge in [-0.3, -0.25) is 4.90 Å². The lowest BCUT2D eigenvalue weighted by molar-refractivity contribution is 0.0884. The molecule has 32 heavy (non-hydrogen) atoms. The number of amides is 2. The molecule has 4 heteroatoms. The van der Waals surface area contributed by atoms with E-state index >= 15 is 0 Å². The molecule has 1 saturated heterocycles. The Balaban J connectivity index is 1.37. The summed E-state index contributed by atoms with van der Waals surface area (Å²) in [5.74, 6) is 0. The van der Waals surface area contributed by atoms with Crippen molar-refractivity contribution in [2.75, 3.05) is 19.6 Å². The molecule has 2 amide bonds. The molecule has 1 heterocycles. The zero-order valence-electron chi connectivity index (χ0n) is 18.4. The minimum atomic E-state index is -0.163. The number of hydrogen-bond acceptors (Lipinski definition) is 2. The molecule has 2 aliphatic rings. The summed E-state index contributed by atoms with van der Waals surface area (Å²) in [6.45, 7) is 2.69. The van der Waals surface area contributed by atoms with E-state index in [0.29, 0.717) is 0 Å². The molecule has 1 unspecified atom stereocenters. The highest BCUT2D eigenvalue weighted by atomic mass is 16.2. The van der Waals surface area contributed by atoms with E-state index < -0.39 is 0 Å². The molecule has 1 atom stereocenters. The average Bonchev–Trinajstić information content (AvgIpc) is 3.70. The fourth-order valence-corrected chi connectivity index (χ4v) is 4.84. The minimum absolute atomic E-state index is 0.0269. The quantitative estimate of drug-likeness (QED) is 0.611. The molecule has 0 spiro atoms. The van der Waals surface area contributed by atoms with Gasteiger partial charge in [-0.1, -0.05) is 91.0 Å². The van der Waals surface area contributed by atoms with Crippen LogP contribution in [0.2, 0.25) is 0 Å². The third-order valence-corrected chi connectivity index (χ3v) is 6.69. The molecule has 2 fully saturated rings. The molecule has 0 aromatic heterocycles. The summed E-state index contributed by atoms with van der Waals surface area (Å²) >= 11 is 0. The second-order valence-corrected chi connectivity index (χ2v) is 8.97. The molecule has 1 aliphatic heterocycles. The maximum absolute atomic E-state index is 13.6. The molecule has 1 aliphatic carbocycles. The van der Waals surface area contributed by atoms with E-state index in [1.165, 1.54) is 18.4 Å². The van der Waals surface area contributed by atoms with Crippen molar-refractivity contribution in [3.05, 3.63) is 108 Å². The first-order valence-electron chi connectivity index (χ1n) is 11.7. The highest BCUT2D eigenvalue weighted by Crippen LogP contribution is 2.30. The van der Waals surface area contributed by atoms with Crippen molar-refractivity contribution in [1.29, 1.82) is 0 Å². The SMILES string of the molecule is O=C(NC(c1ccccc1)c1ccccc1)N1CCN(C2CC2)CC1Cc1ccccc1. The van der Waals surface area contributed by atoms with E-state index in [0.717, 1.165) is 43.2 Å². The minimum Gasteiger partial charge on any atom is -0.327 e. The lowest BCUT2D eigenvalue weighted by atomic mass is 9.98. The number of carbonyl (C=O) groups is 1. The first-order chi connectivity index (χ1) is 15.8. The highest BCUT2D eigenvalue weighted by molar-refractivity contribution is 5.76. The van der Waals surface area contributed by atoms with Crippen LogP contribution >= 0.6 is 0 Å². The van der Waals surface area contributed by atoms with Crippen LogP contribution in [0, 0.1) is 0 Å². The molecule has 0 radical (unpaired) electrons. The standard InChI is InChI=1S/C28H31N3O/c32-28(29-27(23-12-6-2-7-13-23)24-14-8-3-9-15-24)31-19-18-30(25-16-17-25)21-26(31)20-22-10-4-1-5-11-22/h1-15,25-27H,16-21H2,(H,29,32). The highest BCUT2D eigenvalue weighted by Gasteiger charge is 2.37. The van der Waals surface area contributed by atoms with Crippen LogP contribution < -0.4 is 5.32 Å². The van der Waals surface area contributed by atoms with Gasteiger partial charge in [-0.15, -0.1) is 0 Å². The molecule has 5 rings (SSSR count). The van der Waals surface area contributed by atoms with E-state index in [1.807, 2.05) is 36.4 Å². The Morgan fingerprint density at radius 3 is 1.94 bits per heavy atom. The average molecular weight is 426 g/mol. The summed E-state index contributed by atoms with van der Waals surface area (Å²) in [5.41, 5.74) is 3.49. The molecule has 1 N–H and O–H groups in total. The van der Waals surface area contributed by atoms with Crippen molar-refractivity contribution in [3.63, 3.8) is 0 Å². The summed E-state index contributed by atoms with van der Waals surface area (Å²) in [5, 5.41) is 3.36. The third-order valence-electron chi connectivity index (χ3n) is 6.69. The predicted octanol–water partition coefficient (Wildman–Crippen LogP) is 4.88. The van der Waals surface area contributed by atoms with E-state index in [2.05, 4.69) is 69.7 Å². The number of benzene rings is 3. The lowest BCUT2D eigenvalue weighted by Crippen LogP contribution is -2.59. The van der Waals surface area contributed by atoms with Crippen LogP contribution in [0.5, 0.6) is 0 Å². The monoisotopic (exact) mass is 425 g/mol. The predicted molar refractivity (Wildman–Crippen MR) is 128 cm³/mol. The summed E-state index contributed by atoms with van der Waals surface area (Å²) in [6, 6.07) is 31.8. The molecule has 3 aromatic carbocycles. The maximum Gasteiger partial charge on any atom is 0.318 e. The number of rotatable bonds is 6. The third kappa shape index (κ3) is 4.86. The van der Waals surface area contributed by atoms with E-state index in [1.54, 1.807) is 0 Å². The number of nitrogens with one attached hydrogen (secondary N) is 1. The Bertz CT molecular complexity index is 965. The Hall–Kier alpha value is -3.11. The fourth-order valence-electron chi connectivity index (χ4n) is 4.84. The van der Waals surface area contributed by atoms with Gasteiger partial charge in [0.15, 0.2) is 0 Å². The smallest absolute Gasteiger partial charge is 0.318 e. The Morgan fingerprint density at radius 1 is 0.812 bits per heavy atom. The topological polar surface area (TPSA) is 35.6 Å². The Kier molecular flexibility index (Phi) is 6.22. The van der Waals surface area contributed by atoms with Crippen LogP contribution in [-0.2, 0) is 6.42 Å². The van der Waals surface area contributed by atoms with Gasteiger partial charge in [0.1, 0.15) is 0 Å². The van der Waals surface area contributed by atoms with Crippen molar-refractivity contribution in [2.45, 2.75) is 37.4 Å². The van der Waals surface area contributed by atoms with Gasteiger partial charge in [0, 0.05) is 25.7 Å². The van der Waals surface area contributed by atoms with Crippen LogP contribution in [0.15, 0.2) is 91.0 Å². The summed E-state index contributed by atoms with van der Waals surface area (Å²) in [6.07, 6.45) is 3.49. The van der Waals surface area contributed by atoms with Crippen LogP contribution in [0.1, 0.15) is 35.6 Å². The van der Waals surface area contributed by atoms with Crippen LogP contribution in [0.25, 0.3) is 0 Å². The van der Waals surface area contributed by atoms with Crippen LogP contribution in [0.3, 0.4) is 0 Å². The van der Waals surface area contributed by atoms with E-state index in [4.69, 9.17) is 0 Å². The van der Waals surface area contributed by atoms with Crippen molar-refractivity contribution in [2.24, 2.45) is 0 Å². The number of carbonyl (C=O) groups excluding carboxylic acids is 1. The normalized spacial score (nSPS) is 19.2. The molecule has 3 aromatic rings. The van der Waals surface area contributed by atoms with Gasteiger partial charge >= 0.3 is 6.03 Å². The van der Waals surface area contributed by atoms with Crippen LogP contribution in [-0.4, -0.2) is 47.5 Å². The van der Waals surface area contributed by atoms with Gasteiger partial charge in [-0.2, -0.15) is 0 Å². The molecule has 4 nitrogen and oxygen atoms in total. The Morgan fingerprint density at radius 2 is 1.38 bits per heavy atom. The first-order valence-corrected chi connectivity index (χ1v) is 11.7. The van der Waals surface area contributed by atoms with Gasteiger partial charge in [0.2, 0.25) is 0 Å². The number of hydrogen-bond donors (Lipinski definition) is 1. The van der Waals surface area contributed by atoms with E-state index in [9.17, 15) is 4.79 Å². The second kappa shape index (κ2) is 9.58. The number of nitrogens with zero attached hydrogens (tertiary/aromatic N) is 2. The maximum atomic E-state index is 13.6. The largest absolute Gasteiger partial charge is 0.327 e. The Labute approximate surface area is 190 Å². The summed E-state index contributed by atoms with van der Waals surface area (Å²) in [4.78, 5) is 18.3. The zero-order chi connectivity index (χ0) is 21.8. The van der Waals surface area contributed by atoms with Crippen molar-refractivity contribution in [3.8, 4) is 0 Å². The number of piperazine rings is 1. The second-order valence-electron chi connectivity index (χ2n) is 8.97. The van der Waals surface area contributed by atoms with E-state index in [-0.39, 0.29) is 18.1 Å². The van der Waals surface area contributed by atoms with Gasteiger partial charge < -0.3 is 10.2 Å². The van der Waals surface area contributed by atoms with Gasteiger partial charge in [-0.05, 0) is 36.0 Å². The molecular formula is C28H31N3O. The molecule has 0 bridgehead atoms. The molecule has 164 valence electrons. The van der Waals surface area contributed by atoms with Gasteiger partial charge in [0.25, 0.3) is 0 Å². The molecular weight excluding hydrogens is 394 g/mol. The lowest BCUT2D eigenvalue weighted by Gasteiger charge is -2.42. The van der Waals surface area contributed by atoms with Gasteiger partial charge in [0.05, 0.1) is 12.1 Å². The van der Waals surface area contributed by atoms with Crippen molar-refractivity contribution in [1.82, 2.24) is 15.1 Å². The first kappa shape index (κ1) is 20.8. The van der Waals surface area contributed by atoms with Gasteiger partial charge in [-0.25, -0.2) is 4.79 Å². The van der Waals surface area contributed by atoms with Crippen molar-refractivity contribution < 1.29 is 4.79 Å². The summed E-state index contributed by atoms with van der Waals surface area (Å²) < 4.78 is 0.